The number of nitrogens with zero attached hydrogens (tertiary/aromatic N) is 4. The van der Waals surface area contributed by atoms with Crippen molar-refractivity contribution in [3.8, 4) is 0 Å². The lowest BCUT2D eigenvalue weighted by atomic mass is 9.89. The number of aliphatic hydroxyl groups excluding tert-OH is 2. The number of hydrogen-bond acceptors (Lipinski definition) is 7. The van der Waals surface area contributed by atoms with Crippen LogP contribution in [0.2, 0.25) is 0 Å². The Morgan fingerprint density at radius 1 is 1.43 bits per heavy atom. The Kier molecular flexibility index (Phi) is 3.24. The molecule has 0 bridgehead atoms. The van der Waals surface area contributed by atoms with Gasteiger partial charge in [0.05, 0.1) is 12.1 Å². The van der Waals surface area contributed by atoms with Gasteiger partial charge in [-0.1, -0.05) is 0 Å². The fourth-order valence-electron chi connectivity index (χ4n) is 3.40. The molecule has 0 unspecified atom stereocenters. The fourth-order valence-corrected chi connectivity index (χ4v) is 3.40. The number of hydrogen-bond donors (Lipinski definition) is 3. The molecule has 2 aliphatic heterocycles. The maximum atomic E-state index is 10.7. The Labute approximate surface area is 132 Å². The summed E-state index contributed by atoms with van der Waals surface area (Å²) in [7, 11) is 0. The van der Waals surface area contributed by atoms with Gasteiger partial charge in [0.1, 0.15) is 35.8 Å². The molecule has 4 atom stereocenters. The molecule has 0 aliphatic carbocycles. The van der Waals surface area contributed by atoms with E-state index in [1.807, 2.05) is 17.0 Å². The number of rotatable bonds is 2. The van der Waals surface area contributed by atoms with Crippen LogP contribution >= 0.6 is 0 Å². The predicted molar refractivity (Wildman–Crippen MR) is 81.6 cm³/mol. The summed E-state index contributed by atoms with van der Waals surface area (Å²) in [5.41, 5.74) is 0.578. The molecule has 0 aromatic carbocycles. The van der Waals surface area contributed by atoms with Gasteiger partial charge in [0.25, 0.3) is 0 Å². The lowest BCUT2D eigenvalue weighted by Crippen LogP contribution is -2.42. The van der Waals surface area contributed by atoms with Crippen molar-refractivity contribution in [1.82, 2.24) is 14.5 Å². The second-order valence-electron chi connectivity index (χ2n) is 6.18. The number of aryl methyl sites for hydroxylation is 1. The van der Waals surface area contributed by atoms with E-state index in [-0.39, 0.29) is 6.61 Å². The van der Waals surface area contributed by atoms with Crippen molar-refractivity contribution in [2.24, 2.45) is 4.99 Å². The average Bonchev–Trinajstić information content (AvgIpc) is 2.90. The lowest BCUT2D eigenvalue weighted by molar-refractivity contribution is -0.0642. The van der Waals surface area contributed by atoms with Crippen LogP contribution < -0.4 is 0 Å². The minimum absolute atomic E-state index is 0.364. The third kappa shape index (κ3) is 2.03. The lowest BCUT2D eigenvalue weighted by Gasteiger charge is -2.26. The Morgan fingerprint density at radius 2 is 2.26 bits per heavy atom. The highest BCUT2D eigenvalue weighted by Gasteiger charge is 2.53. The van der Waals surface area contributed by atoms with Crippen LogP contribution in [0, 0.1) is 0 Å². The van der Waals surface area contributed by atoms with E-state index in [1.165, 1.54) is 13.3 Å². The van der Waals surface area contributed by atoms with Gasteiger partial charge in [-0.3, -0.25) is 0 Å². The van der Waals surface area contributed by atoms with Gasteiger partial charge >= 0.3 is 0 Å². The van der Waals surface area contributed by atoms with Crippen molar-refractivity contribution >= 4 is 23.1 Å². The molecule has 4 rings (SSSR count). The van der Waals surface area contributed by atoms with Gasteiger partial charge in [-0.25, -0.2) is 15.0 Å². The summed E-state index contributed by atoms with van der Waals surface area (Å²) in [5, 5.41) is 30.2. The summed E-state index contributed by atoms with van der Waals surface area (Å²) >= 11 is 0. The molecule has 122 valence electrons. The van der Waals surface area contributed by atoms with Gasteiger partial charge in [0.15, 0.2) is 5.82 Å². The van der Waals surface area contributed by atoms with Gasteiger partial charge in [0.2, 0.25) is 0 Å². The van der Waals surface area contributed by atoms with Crippen LogP contribution in [0.25, 0.3) is 11.0 Å². The molecule has 0 saturated carbocycles. The third-order valence-corrected chi connectivity index (χ3v) is 4.63. The second kappa shape index (κ2) is 5.07. The first-order chi connectivity index (χ1) is 11.0. The van der Waals surface area contributed by atoms with Crippen molar-refractivity contribution in [3.63, 3.8) is 0 Å². The standard InChI is InChI=1S/C15H18N4O4/c1-15(22)12(21)9(6-20)23-13(15)8-5-19-4-2-3-16-14-11(19)10(8)17-7-18-14/h3,5,7,9,12-13,20-22H,2,4,6H2,1H3/t9-,12-,13+,15-/m1/s1. The van der Waals surface area contributed by atoms with Gasteiger partial charge in [0, 0.05) is 30.9 Å². The largest absolute Gasteiger partial charge is 0.394 e. The summed E-state index contributed by atoms with van der Waals surface area (Å²) in [4.78, 5) is 12.9. The Balaban J connectivity index is 1.89. The van der Waals surface area contributed by atoms with Crippen LogP contribution in [0.4, 0.5) is 5.82 Å². The summed E-state index contributed by atoms with van der Waals surface area (Å²) in [6.45, 7) is 1.87. The van der Waals surface area contributed by atoms with Crippen LogP contribution in [0.5, 0.6) is 0 Å². The van der Waals surface area contributed by atoms with Crippen molar-refractivity contribution in [3.05, 3.63) is 18.1 Å². The molecule has 1 fully saturated rings. The Bertz CT molecular complexity index is 785. The first-order valence-corrected chi connectivity index (χ1v) is 7.57. The summed E-state index contributed by atoms with van der Waals surface area (Å²) in [5.74, 6) is 0.579. The molecule has 0 spiro atoms. The monoisotopic (exact) mass is 318 g/mol. The fraction of sp³-hybridized carbons (Fsp3) is 0.533. The van der Waals surface area contributed by atoms with Crippen LogP contribution in [-0.2, 0) is 11.3 Å². The molecule has 0 radical (unpaired) electrons. The molecule has 8 nitrogen and oxygen atoms in total. The Morgan fingerprint density at radius 3 is 3.00 bits per heavy atom. The van der Waals surface area contributed by atoms with E-state index < -0.39 is 23.9 Å². The zero-order valence-electron chi connectivity index (χ0n) is 12.6. The van der Waals surface area contributed by atoms with Gasteiger partial charge < -0.3 is 24.6 Å². The molecule has 2 aromatic rings. The third-order valence-electron chi connectivity index (χ3n) is 4.63. The van der Waals surface area contributed by atoms with Gasteiger partial charge in [-0.05, 0) is 6.92 Å². The maximum Gasteiger partial charge on any atom is 0.179 e. The van der Waals surface area contributed by atoms with Crippen molar-refractivity contribution in [2.75, 3.05) is 6.61 Å². The minimum atomic E-state index is -1.52. The molecule has 23 heavy (non-hydrogen) atoms. The predicted octanol–water partition coefficient (Wildman–Crippen LogP) is 0.0814. The first-order valence-electron chi connectivity index (χ1n) is 7.57. The summed E-state index contributed by atoms with van der Waals surface area (Å²) < 4.78 is 7.71. The molecule has 1 saturated heterocycles. The topological polar surface area (TPSA) is 113 Å². The zero-order chi connectivity index (χ0) is 16.2. The van der Waals surface area contributed by atoms with E-state index in [9.17, 15) is 15.3 Å². The highest BCUT2D eigenvalue weighted by molar-refractivity contribution is 5.90. The van der Waals surface area contributed by atoms with E-state index in [0.29, 0.717) is 16.9 Å². The molecule has 0 amide bonds. The first kappa shape index (κ1) is 14.7. The highest BCUT2D eigenvalue weighted by Crippen LogP contribution is 2.44. The van der Waals surface area contributed by atoms with E-state index in [0.717, 1.165) is 18.5 Å². The number of aromatic nitrogens is 3. The van der Waals surface area contributed by atoms with Gasteiger partial charge in [-0.15, -0.1) is 0 Å². The second-order valence-corrected chi connectivity index (χ2v) is 6.18. The zero-order valence-corrected chi connectivity index (χ0v) is 12.6. The van der Waals surface area contributed by atoms with Crippen LogP contribution in [0.3, 0.4) is 0 Å². The molecular weight excluding hydrogens is 300 g/mol. The molecule has 3 N–H and O–H groups in total. The molecule has 4 heterocycles. The summed E-state index contributed by atoms with van der Waals surface area (Å²) in [6.07, 6.45) is 3.08. The van der Waals surface area contributed by atoms with Crippen molar-refractivity contribution in [1.29, 1.82) is 0 Å². The van der Waals surface area contributed by atoms with Crippen LogP contribution in [-0.4, -0.2) is 60.5 Å². The highest BCUT2D eigenvalue weighted by atomic mass is 16.6. The smallest absolute Gasteiger partial charge is 0.179 e. The molecule has 2 aromatic heterocycles. The molecule has 2 aliphatic rings. The van der Waals surface area contributed by atoms with Crippen molar-refractivity contribution < 1.29 is 20.1 Å². The number of aliphatic imine (C=N–C) groups is 1. The van der Waals surface area contributed by atoms with Gasteiger partial charge in [-0.2, -0.15) is 0 Å². The normalized spacial score (nSPS) is 33.3. The number of ether oxygens (including phenoxy) is 1. The van der Waals surface area contributed by atoms with E-state index in [1.54, 1.807) is 0 Å². The maximum absolute atomic E-state index is 10.7. The number of aliphatic hydroxyl groups is 3. The van der Waals surface area contributed by atoms with Crippen molar-refractivity contribution in [2.45, 2.75) is 43.8 Å². The van der Waals surface area contributed by atoms with E-state index in [4.69, 9.17) is 4.74 Å². The average molecular weight is 318 g/mol. The SMILES string of the molecule is C[C@@]1(O)[C@H](O)[C@@H](CO)O[C@H]1c1cn2c3c(ncnc13)N=CCC2. The van der Waals surface area contributed by atoms with Crippen LogP contribution in [0.1, 0.15) is 25.0 Å². The Hall–Kier alpha value is -1.87. The quantitative estimate of drug-likeness (QED) is 0.723. The minimum Gasteiger partial charge on any atom is -0.394 e. The summed E-state index contributed by atoms with van der Waals surface area (Å²) in [6, 6.07) is 0. The van der Waals surface area contributed by atoms with E-state index >= 15 is 0 Å². The molecular formula is C15H18N4O4. The molecule has 8 heteroatoms. The van der Waals surface area contributed by atoms with E-state index in [2.05, 4.69) is 15.0 Å². The van der Waals surface area contributed by atoms with Crippen LogP contribution in [0.15, 0.2) is 17.5 Å².